The number of nitrogens with zero attached hydrogens (tertiary/aromatic N) is 1. The molecule has 1 aromatic heterocycles. The fourth-order valence-corrected chi connectivity index (χ4v) is 2.62. The van der Waals surface area contributed by atoms with Crippen molar-refractivity contribution in [3.63, 3.8) is 0 Å². The molecular weight excluding hydrogens is 354 g/mol. The average molecular weight is 368 g/mol. The van der Waals surface area contributed by atoms with Crippen molar-refractivity contribution in [2.24, 2.45) is 5.92 Å². The van der Waals surface area contributed by atoms with E-state index >= 15 is 0 Å². The van der Waals surface area contributed by atoms with Crippen molar-refractivity contribution in [2.45, 2.75) is 12.8 Å². The summed E-state index contributed by atoms with van der Waals surface area (Å²) in [6.07, 6.45) is 2.38. The Morgan fingerprint density at radius 1 is 1.45 bits per heavy atom. The molecule has 7 heteroatoms. The number of ether oxygens (including phenoxy) is 2. The van der Waals surface area contributed by atoms with E-state index in [4.69, 9.17) is 19.1 Å². The summed E-state index contributed by atoms with van der Waals surface area (Å²) in [5.41, 5.74) is 0.529. The second-order valence-electron chi connectivity index (χ2n) is 5.13. The number of hydrogen-bond donors (Lipinski definition) is 1. The van der Waals surface area contributed by atoms with Crippen molar-refractivity contribution in [3.05, 3.63) is 28.4 Å². The van der Waals surface area contributed by atoms with Crippen LogP contribution in [-0.2, 0) is 0 Å². The first kappa shape index (κ1) is 14.9. The summed E-state index contributed by atoms with van der Waals surface area (Å²) >= 11 is 3.43. The van der Waals surface area contributed by atoms with Crippen molar-refractivity contribution in [1.82, 2.24) is 5.16 Å². The van der Waals surface area contributed by atoms with E-state index in [9.17, 15) is 4.79 Å². The fourth-order valence-electron chi connectivity index (χ4n) is 2.02. The number of hydrogen-bond acceptors (Lipinski definition) is 5. The van der Waals surface area contributed by atoms with Crippen LogP contribution in [0.2, 0.25) is 0 Å². The van der Waals surface area contributed by atoms with E-state index in [1.165, 1.54) is 18.9 Å². The van der Waals surface area contributed by atoms with Crippen LogP contribution in [0.3, 0.4) is 0 Å². The number of carbonyl (C=O) groups is 1. The molecular formula is C15H14BrNO5. The first-order valence-electron chi connectivity index (χ1n) is 6.79. The van der Waals surface area contributed by atoms with Crippen LogP contribution in [0.15, 0.2) is 27.2 Å². The fraction of sp³-hybridized carbons (Fsp3) is 0.333. The lowest BCUT2D eigenvalue weighted by Crippen LogP contribution is -2.01. The first-order valence-corrected chi connectivity index (χ1v) is 7.58. The van der Waals surface area contributed by atoms with E-state index in [0.29, 0.717) is 39.8 Å². The maximum Gasteiger partial charge on any atom is 0.358 e. The Balaban J connectivity index is 1.94. The predicted molar refractivity (Wildman–Crippen MR) is 81.4 cm³/mol. The zero-order valence-corrected chi connectivity index (χ0v) is 13.4. The lowest BCUT2D eigenvalue weighted by molar-refractivity contribution is 0.0686. The van der Waals surface area contributed by atoms with Crippen LogP contribution < -0.4 is 9.47 Å². The Hall–Kier alpha value is -2.02. The van der Waals surface area contributed by atoms with Gasteiger partial charge < -0.3 is 19.1 Å². The highest BCUT2D eigenvalue weighted by atomic mass is 79.9. The van der Waals surface area contributed by atoms with Gasteiger partial charge in [-0.05, 0) is 46.8 Å². The second kappa shape index (κ2) is 6.00. The first-order chi connectivity index (χ1) is 10.6. The molecule has 0 spiro atoms. The summed E-state index contributed by atoms with van der Waals surface area (Å²) in [5, 5.41) is 12.4. The normalized spacial score (nSPS) is 13.9. The maximum absolute atomic E-state index is 10.9. The van der Waals surface area contributed by atoms with Crippen LogP contribution in [0.5, 0.6) is 11.5 Å². The van der Waals surface area contributed by atoms with Crippen LogP contribution in [0.25, 0.3) is 11.3 Å². The monoisotopic (exact) mass is 367 g/mol. The van der Waals surface area contributed by atoms with Gasteiger partial charge in [-0.25, -0.2) is 4.79 Å². The van der Waals surface area contributed by atoms with Crippen LogP contribution in [0.4, 0.5) is 0 Å². The molecule has 0 bridgehead atoms. The van der Waals surface area contributed by atoms with Crippen LogP contribution >= 0.6 is 15.9 Å². The maximum atomic E-state index is 10.9. The summed E-state index contributed by atoms with van der Waals surface area (Å²) in [7, 11) is 1.57. The molecule has 0 amide bonds. The molecule has 116 valence electrons. The van der Waals surface area contributed by atoms with Gasteiger partial charge in [0.15, 0.2) is 23.0 Å². The molecule has 1 N–H and O–H groups in total. The number of aromatic nitrogens is 1. The van der Waals surface area contributed by atoms with E-state index in [0.717, 1.165) is 0 Å². The van der Waals surface area contributed by atoms with Crippen LogP contribution in [-0.4, -0.2) is 29.9 Å². The van der Waals surface area contributed by atoms with Gasteiger partial charge in [-0.3, -0.25) is 0 Å². The molecule has 3 rings (SSSR count). The van der Waals surface area contributed by atoms with Gasteiger partial charge in [-0.15, -0.1) is 0 Å². The Morgan fingerprint density at radius 2 is 2.23 bits per heavy atom. The van der Waals surface area contributed by atoms with E-state index in [1.54, 1.807) is 19.2 Å². The number of aromatic carboxylic acids is 1. The molecule has 0 unspecified atom stereocenters. The number of benzene rings is 1. The highest BCUT2D eigenvalue weighted by Gasteiger charge is 2.23. The summed E-state index contributed by atoms with van der Waals surface area (Å²) in [6.45, 7) is 0.642. The van der Waals surface area contributed by atoms with Gasteiger partial charge in [0, 0.05) is 11.6 Å². The Labute approximate surface area is 135 Å². The quantitative estimate of drug-likeness (QED) is 0.839. The van der Waals surface area contributed by atoms with Gasteiger partial charge in [-0.2, -0.15) is 0 Å². The third kappa shape index (κ3) is 3.09. The molecule has 2 aromatic rings. The van der Waals surface area contributed by atoms with Crippen molar-refractivity contribution in [3.8, 4) is 22.8 Å². The standard InChI is InChI=1S/C15H14BrNO5/c1-20-14-10(16)4-9(5-13(14)21-7-8-2-3-8)12-6-11(15(18)19)17-22-12/h4-6,8H,2-3,7H2,1H3,(H,18,19). The zero-order valence-electron chi connectivity index (χ0n) is 11.8. The highest BCUT2D eigenvalue weighted by molar-refractivity contribution is 9.10. The van der Waals surface area contributed by atoms with Crippen molar-refractivity contribution < 1.29 is 23.9 Å². The summed E-state index contributed by atoms with van der Waals surface area (Å²) in [5.74, 6) is 1.02. The molecule has 0 radical (unpaired) electrons. The summed E-state index contributed by atoms with van der Waals surface area (Å²) < 4.78 is 17.0. The van der Waals surface area contributed by atoms with Crippen molar-refractivity contribution >= 4 is 21.9 Å². The molecule has 0 aliphatic heterocycles. The molecule has 1 heterocycles. The molecule has 1 aromatic carbocycles. The smallest absolute Gasteiger partial charge is 0.358 e. The molecule has 0 atom stereocenters. The lowest BCUT2D eigenvalue weighted by atomic mass is 10.1. The second-order valence-corrected chi connectivity index (χ2v) is 5.98. The third-order valence-electron chi connectivity index (χ3n) is 3.40. The lowest BCUT2D eigenvalue weighted by Gasteiger charge is -2.13. The highest BCUT2D eigenvalue weighted by Crippen LogP contribution is 2.41. The molecule has 0 saturated heterocycles. The molecule has 1 fully saturated rings. The number of rotatable bonds is 6. The van der Waals surface area contributed by atoms with Gasteiger partial charge in [0.25, 0.3) is 0 Å². The minimum atomic E-state index is -1.13. The van der Waals surface area contributed by atoms with E-state index in [1.807, 2.05) is 0 Å². The van der Waals surface area contributed by atoms with E-state index in [2.05, 4.69) is 21.1 Å². The summed E-state index contributed by atoms with van der Waals surface area (Å²) in [6, 6.07) is 4.91. The van der Waals surface area contributed by atoms with Gasteiger partial charge in [0.05, 0.1) is 18.2 Å². The van der Waals surface area contributed by atoms with Gasteiger partial charge >= 0.3 is 5.97 Å². The molecule has 6 nitrogen and oxygen atoms in total. The van der Waals surface area contributed by atoms with Crippen LogP contribution in [0, 0.1) is 5.92 Å². The number of carboxylic acids is 1. The largest absolute Gasteiger partial charge is 0.492 e. The zero-order chi connectivity index (χ0) is 15.7. The Kier molecular flexibility index (Phi) is 4.06. The average Bonchev–Trinajstić information content (AvgIpc) is 3.18. The molecule has 1 aliphatic carbocycles. The van der Waals surface area contributed by atoms with E-state index in [-0.39, 0.29) is 5.69 Å². The van der Waals surface area contributed by atoms with Crippen molar-refractivity contribution in [1.29, 1.82) is 0 Å². The Bertz CT molecular complexity index is 708. The molecule has 22 heavy (non-hydrogen) atoms. The third-order valence-corrected chi connectivity index (χ3v) is 3.99. The van der Waals surface area contributed by atoms with Gasteiger partial charge in [0.2, 0.25) is 0 Å². The van der Waals surface area contributed by atoms with Gasteiger partial charge in [-0.1, -0.05) is 5.16 Å². The minimum absolute atomic E-state index is 0.137. The summed E-state index contributed by atoms with van der Waals surface area (Å²) in [4.78, 5) is 10.9. The number of halogens is 1. The Morgan fingerprint density at radius 3 is 2.82 bits per heavy atom. The predicted octanol–water partition coefficient (Wildman–Crippen LogP) is 3.60. The van der Waals surface area contributed by atoms with Gasteiger partial charge in [0.1, 0.15) is 0 Å². The molecule has 1 aliphatic rings. The SMILES string of the molecule is COc1c(Br)cc(-c2cc(C(=O)O)no2)cc1OCC1CC1. The number of methoxy groups -OCH3 is 1. The minimum Gasteiger partial charge on any atom is -0.492 e. The van der Waals surface area contributed by atoms with Crippen molar-refractivity contribution in [2.75, 3.05) is 13.7 Å². The van der Waals surface area contributed by atoms with Crippen LogP contribution in [0.1, 0.15) is 23.3 Å². The number of carboxylic acid groups (broad SMARTS) is 1. The molecule has 1 saturated carbocycles. The topological polar surface area (TPSA) is 81.8 Å². The van der Waals surface area contributed by atoms with E-state index < -0.39 is 5.97 Å².